The summed E-state index contributed by atoms with van der Waals surface area (Å²) in [4.78, 5) is 2.09. The number of benzene rings is 1. The Kier molecular flexibility index (Phi) is 3.74. The van der Waals surface area contributed by atoms with Crippen molar-refractivity contribution in [2.45, 2.75) is 32.6 Å². The molecule has 1 aromatic rings. The van der Waals surface area contributed by atoms with Crippen LogP contribution < -0.4 is 0 Å². The second-order valence-electron chi connectivity index (χ2n) is 4.69. The van der Waals surface area contributed by atoms with E-state index in [2.05, 4.69) is 4.90 Å². The zero-order valence-corrected chi connectivity index (χ0v) is 10.1. The Hall–Kier alpha value is -1.00. The van der Waals surface area contributed by atoms with E-state index in [1.54, 1.807) is 0 Å². The summed E-state index contributed by atoms with van der Waals surface area (Å²) in [5, 5.41) is 0. The third-order valence-corrected chi connectivity index (χ3v) is 2.90. The van der Waals surface area contributed by atoms with E-state index in [4.69, 9.17) is 4.74 Å². The second-order valence-corrected chi connectivity index (χ2v) is 4.69. The fourth-order valence-corrected chi connectivity index (χ4v) is 2.32. The first-order chi connectivity index (χ1) is 8.04. The molecule has 2 nitrogen and oxygen atoms in total. The van der Waals surface area contributed by atoms with Crippen molar-refractivity contribution in [2.24, 2.45) is 0 Å². The summed E-state index contributed by atoms with van der Waals surface area (Å²) >= 11 is 0. The molecule has 2 unspecified atom stereocenters. The van der Waals surface area contributed by atoms with Crippen LogP contribution in [-0.4, -0.2) is 30.2 Å². The number of hydrogen-bond donors (Lipinski definition) is 0. The van der Waals surface area contributed by atoms with Crippen LogP contribution in [0.2, 0.25) is 0 Å². The van der Waals surface area contributed by atoms with Gasteiger partial charge < -0.3 is 4.74 Å². The van der Waals surface area contributed by atoms with Crippen molar-refractivity contribution in [3.63, 3.8) is 0 Å². The molecule has 4 heteroatoms. The molecule has 1 aliphatic heterocycles. The molecule has 1 aliphatic rings. The van der Waals surface area contributed by atoms with Crippen LogP contribution in [0.25, 0.3) is 0 Å². The zero-order valence-electron chi connectivity index (χ0n) is 10.1. The van der Waals surface area contributed by atoms with Crippen LogP contribution in [0.1, 0.15) is 19.4 Å². The van der Waals surface area contributed by atoms with Gasteiger partial charge in [0.1, 0.15) is 11.6 Å². The van der Waals surface area contributed by atoms with E-state index < -0.39 is 5.82 Å². The predicted octanol–water partition coefficient (Wildman–Crippen LogP) is 2.57. The molecule has 0 radical (unpaired) electrons. The largest absolute Gasteiger partial charge is 0.373 e. The van der Waals surface area contributed by atoms with E-state index in [9.17, 15) is 8.78 Å². The van der Waals surface area contributed by atoms with Crippen molar-refractivity contribution in [3.8, 4) is 0 Å². The van der Waals surface area contributed by atoms with Gasteiger partial charge in [-0.25, -0.2) is 8.78 Å². The Morgan fingerprint density at radius 3 is 2.53 bits per heavy atom. The van der Waals surface area contributed by atoms with E-state index in [1.807, 2.05) is 13.8 Å². The molecule has 1 saturated heterocycles. The fourth-order valence-electron chi connectivity index (χ4n) is 2.32. The molecule has 0 aromatic heterocycles. The molecule has 1 aromatic carbocycles. The fraction of sp³-hybridized carbons (Fsp3) is 0.538. The van der Waals surface area contributed by atoms with Gasteiger partial charge in [-0.15, -0.1) is 0 Å². The van der Waals surface area contributed by atoms with Crippen molar-refractivity contribution in [3.05, 3.63) is 35.4 Å². The van der Waals surface area contributed by atoms with Crippen LogP contribution in [-0.2, 0) is 11.3 Å². The summed E-state index contributed by atoms with van der Waals surface area (Å²) in [6.07, 6.45) is 0.269. The lowest BCUT2D eigenvalue weighted by Gasteiger charge is -2.35. The van der Waals surface area contributed by atoms with Gasteiger partial charge in [0.2, 0.25) is 0 Å². The van der Waals surface area contributed by atoms with E-state index >= 15 is 0 Å². The third kappa shape index (κ3) is 3.23. The minimum atomic E-state index is -0.393. The Labute approximate surface area is 100 Å². The van der Waals surface area contributed by atoms with Crippen LogP contribution in [0, 0.1) is 11.6 Å². The smallest absolute Gasteiger partial charge is 0.127 e. The molecular formula is C13H17F2NO. The highest BCUT2D eigenvalue weighted by atomic mass is 19.1. The maximum atomic E-state index is 13.5. The van der Waals surface area contributed by atoms with E-state index in [-0.39, 0.29) is 18.0 Å². The number of nitrogens with zero attached hydrogens (tertiary/aromatic N) is 1. The summed E-state index contributed by atoms with van der Waals surface area (Å²) in [5.74, 6) is -0.742. The molecule has 1 fully saturated rings. The maximum Gasteiger partial charge on any atom is 0.127 e. The normalized spacial score (nSPS) is 26.1. The van der Waals surface area contributed by atoms with Gasteiger partial charge in [-0.3, -0.25) is 4.90 Å². The lowest BCUT2D eigenvalue weighted by Crippen LogP contribution is -2.44. The lowest BCUT2D eigenvalue weighted by atomic mass is 10.1. The first-order valence-electron chi connectivity index (χ1n) is 5.86. The van der Waals surface area contributed by atoms with Crippen LogP contribution in [0.5, 0.6) is 0 Å². The van der Waals surface area contributed by atoms with Crippen molar-refractivity contribution >= 4 is 0 Å². The van der Waals surface area contributed by atoms with Crippen molar-refractivity contribution in [1.82, 2.24) is 4.90 Å². The Morgan fingerprint density at radius 2 is 1.88 bits per heavy atom. The molecule has 0 bridgehead atoms. The Balaban J connectivity index is 2.07. The highest BCUT2D eigenvalue weighted by Crippen LogP contribution is 2.16. The SMILES string of the molecule is CC1CN(Cc2cc(F)ccc2F)CC(C)O1. The molecule has 0 spiro atoms. The first-order valence-corrected chi connectivity index (χ1v) is 5.86. The third-order valence-electron chi connectivity index (χ3n) is 2.90. The van der Waals surface area contributed by atoms with Crippen LogP contribution in [0.3, 0.4) is 0 Å². The predicted molar refractivity (Wildman–Crippen MR) is 61.6 cm³/mol. The van der Waals surface area contributed by atoms with E-state index in [1.165, 1.54) is 12.1 Å². The van der Waals surface area contributed by atoms with Gasteiger partial charge in [-0.05, 0) is 32.0 Å². The van der Waals surface area contributed by atoms with Gasteiger partial charge in [0.25, 0.3) is 0 Å². The molecule has 17 heavy (non-hydrogen) atoms. The standard InChI is InChI=1S/C13H17F2NO/c1-9-6-16(7-10(2)17-9)8-11-5-12(14)3-4-13(11)15/h3-5,9-10H,6-8H2,1-2H3. The quantitative estimate of drug-likeness (QED) is 0.789. The maximum absolute atomic E-state index is 13.5. The van der Waals surface area contributed by atoms with Gasteiger partial charge in [-0.1, -0.05) is 0 Å². The molecule has 2 atom stereocenters. The van der Waals surface area contributed by atoms with Gasteiger partial charge >= 0.3 is 0 Å². The Bertz CT molecular complexity index is 387. The molecular weight excluding hydrogens is 224 g/mol. The summed E-state index contributed by atoms with van der Waals surface area (Å²) in [7, 11) is 0. The minimum absolute atomic E-state index is 0.135. The zero-order chi connectivity index (χ0) is 12.4. The Morgan fingerprint density at radius 1 is 1.24 bits per heavy atom. The molecule has 0 aliphatic carbocycles. The molecule has 0 amide bonds. The number of morpholine rings is 1. The number of halogens is 2. The molecule has 94 valence electrons. The highest BCUT2D eigenvalue weighted by molar-refractivity contribution is 5.18. The number of hydrogen-bond acceptors (Lipinski definition) is 2. The molecule has 1 heterocycles. The van der Waals surface area contributed by atoms with Crippen LogP contribution in [0.4, 0.5) is 8.78 Å². The first kappa shape index (κ1) is 12.5. The molecule has 0 N–H and O–H groups in total. The summed E-state index contributed by atoms with van der Waals surface area (Å²) in [5.41, 5.74) is 0.409. The molecule has 0 saturated carbocycles. The summed E-state index contributed by atoms with van der Waals surface area (Å²) in [6.45, 7) is 5.91. The van der Waals surface area contributed by atoms with Gasteiger partial charge in [0, 0.05) is 25.2 Å². The lowest BCUT2D eigenvalue weighted by molar-refractivity contribution is -0.0707. The van der Waals surface area contributed by atoms with Crippen molar-refractivity contribution in [2.75, 3.05) is 13.1 Å². The van der Waals surface area contributed by atoms with Crippen molar-refractivity contribution < 1.29 is 13.5 Å². The minimum Gasteiger partial charge on any atom is -0.373 e. The van der Waals surface area contributed by atoms with Gasteiger partial charge in [0.15, 0.2) is 0 Å². The van der Waals surface area contributed by atoms with Gasteiger partial charge in [-0.2, -0.15) is 0 Å². The summed E-state index contributed by atoms with van der Waals surface area (Å²) in [6, 6.07) is 3.58. The average Bonchev–Trinajstić information content (AvgIpc) is 2.22. The monoisotopic (exact) mass is 241 g/mol. The highest BCUT2D eigenvalue weighted by Gasteiger charge is 2.22. The number of ether oxygens (including phenoxy) is 1. The number of rotatable bonds is 2. The molecule has 2 rings (SSSR count). The second kappa shape index (κ2) is 5.10. The van der Waals surface area contributed by atoms with Gasteiger partial charge in [0.05, 0.1) is 12.2 Å². The summed E-state index contributed by atoms with van der Waals surface area (Å²) < 4.78 is 32.1. The van der Waals surface area contributed by atoms with Crippen LogP contribution in [0.15, 0.2) is 18.2 Å². The van der Waals surface area contributed by atoms with Crippen molar-refractivity contribution in [1.29, 1.82) is 0 Å². The van der Waals surface area contributed by atoms with E-state index in [0.717, 1.165) is 19.2 Å². The van der Waals surface area contributed by atoms with Crippen LogP contribution >= 0.6 is 0 Å². The van der Waals surface area contributed by atoms with E-state index in [0.29, 0.717) is 12.1 Å². The topological polar surface area (TPSA) is 12.5 Å². The average molecular weight is 241 g/mol.